The standard InChI is InChI=1S/C17H13F2N5O3/c1-10-2-3-12(24(25)26)7-15(10)23-17-21-5-4-14(22-17)11-6-13(9-20-8-11)27-16(18)19/h2-9,16H,1H3,(H,21,22,23). The maximum absolute atomic E-state index is 12.4. The Labute approximate surface area is 152 Å². The molecule has 8 nitrogen and oxygen atoms in total. The van der Waals surface area contributed by atoms with E-state index in [1.807, 2.05) is 0 Å². The number of halogens is 2. The third-order valence-electron chi connectivity index (χ3n) is 3.57. The second kappa shape index (κ2) is 7.68. The molecule has 0 spiro atoms. The molecule has 0 atom stereocenters. The first kappa shape index (κ1) is 18.1. The summed E-state index contributed by atoms with van der Waals surface area (Å²) in [5.74, 6) is 0.0985. The van der Waals surface area contributed by atoms with Crippen molar-refractivity contribution in [2.75, 3.05) is 5.32 Å². The van der Waals surface area contributed by atoms with Crippen LogP contribution in [0.2, 0.25) is 0 Å². The number of alkyl halides is 2. The van der Waals surface area contributed by atoms with Gasteiger partial charge in [-0.05, 0) is 24.6 Å². The Hall–Kier alpha value is -3.69. The van der Waals surface area contributed by atoms with E-state index in [-0.39, 0.29) is 17.4 Å². The van der Waals surface area contributed by atoms with E-state index >= 15 is 0 Å². The first-order valence-electron chi connectivity index (χ1n) is 7.68. The molecule has 27 heavy (non-hydrogen) atoms. The zero-order chi connectivity index (χ0) is 19.4. The van der Waals surface area contributed by atoms with E-state index < -0.39 is 11.5 Å². The lowest BCUT2D eigenvalue weighted by Crippen LogP contribution is -2.03. The van der Waals surface area contributed by atoms with E-state index in [1.54, 1.807) is 19.1 Å². The van der Waals surface area contributed by atoms with Crippen LogP contribution >= 0.6 is 0 Å². The number of hydrogen-bond donors (Lipinski definition) is 1. The molecule has 2 heterocycles. The summed E-state index contributed by atoms with van der Waals surface area (Å²) < 4.78 is 29.0. The van der Waals surface area contributed by atoms with E-state index in [1.165, 1.54) is 36.8 Å². The number of nitro benzene ring substituents is 1. The highest BCUT2D eigenvalue weighted by atomic mass is 19.3. The quantitative estimate of drug-likeness (QED) is 0.512. The Morgan fingerprint density at radius 1 is 1.22 bits per heavy atom. The van der Waals surface area contributed by atoms with Crippen LogP contribution in [-0.4, -0.2) is 26.5 Å². The molecule has 1 N–H and O–H groups in total. The molecular formula is C17H13F2N5O3. The third-order valence-corrected chi connectivity index (χ3v) is 3.57. The Balaban J connectivity index is 1.89. The van der Waals surface area contributed by atoms with E-state index in [0.717, 1.165) is 5.56 Å². The van der Waals surface area contributed by atoms with Crippen molar-refractivity contribution >= 4 is 17.3 Å². The van der Waals surface area contributed by atoms with Crippen LogP contribution in [0.1, 0.15) is 5.56 Å². The Bertz CT molecular complexity index is 984. The molecule has 0 radical (unpaired) electrons. The van der Waals surface area contributed by atoms with Gasteiger partial charge in [-0.25, -0.2) is 9.97 Å². The zero-order valence-electron chi connectivity index (χ0n) is 14.0. The average molecular weight is 373 g/mol. The summed E-state index contributed by atoms with van der Waals surface area (Å²) >= 11 is 0. The number of aromatic nitrogens is 3. The lowest BCUT2D eigenvalue weighted by Gasteiger charge is -2.10. The molecule has 0 saturated carbocycles. The number of aryl methyl sites for hydroxylation is 1. The molecule has 0 saturated heterocycles. The minimum atomic E-state index is -2.96. The van der Waals surface area contributed by atoms with Crippen LogP contribution in [0.3, 0.4) is 0 Å². The number of nitrogens with one attached hydrogen (secondary N) is 1. The molecule has 0 amide bonds. The van der Waals surface area contributed by atoms with Gasteiger partial charge < -0.3 is 10.1 Å². The van der Waals surface area contributed by atoms with Gasteiger partial charge in [0, 0.05) is 30.1 Å². The van der Waals surface area contributed by atoms with Crippen molar-refractivity contribution in [1.82, 2.24) is 15.0 Å². The Morgan fingerprint density at radius 3 is 2.78 bits per heavy atom. The molecule has 3 aromatic rings. The van der Waals surface area contributed by atoms with E-state index in [4.69, 9.17) is 0 Å². The number of pyridine rings is 1. The maximum Gasteiger partial charge on any atom is 0.387 e. The number of anilines is 2. The van der Waals surface area contributed by atoms with Crippen LogP contribution in [0, 0.1) is 17.0 Å². The topological polar surface area (TPSA) is 103 Å². The second-order valence-corrected chi connectivity index (χ2v) is 5.43. The van der Waals surface area contributed by atoms with Gasteiger partial charge in [0.05, 0.1) is 22.5 Å². The van der Waals surface area contributed by atoms with Crippen LogP contribution < -0.4 is 10.1 Å². The van der Waals surface area contributed by atoms with Crippen molar-refractivity contribution in [3.8, 4) is 17.0 Å². The molecule has 0 fully saturated rings. The number of nitro groups is 1. The summed E-state index contributed by atoms with van der Waals surface area (Å²) in [4.78, 5) is 22.7. The lowest BCUT2D eigenvalue weighted by molar-refractivity contribution is -0.384. The van der Waals surface area contributed by atoms with Crippen LogP contribution in [0.25, 0.3) is 11.3 Å². The number of non-ortho nitro benzene ring substituents is 1. The molecule has 3 rings (SSSR count). The van der Waals surface area contributed by atoms with Crippen LogP contribution in [0.4, 0.5) is 26.1 Å². The Kier molecular flexibility index (Phi) is 5.15. The Morgan fingerprint density at radius 2 is 2.04 bits per heavy atom. The van der Waals surface area contributed by atoms with Gasteiger partial charge in [0.15, 0.2) is 0 Å². The molecule has 0 aliphatic rings. The van der Waals surface area contributed by atoms with Crippen molar-refractivity contribution in [2.24, 2.45) is 0 Å². The number of hydrogen-bond acceptors (Lipinski definition) is 7. The monoisotopic (exact) mass is 373 g/mol. The number of nitrogens with zero attached hydrogens (tertiary/aromatic N) is 4. The van der Waals surface area contributed by atoms with Gasteiger partial charge in [-0.1, -0.05) is 6.07 Å². The second-order valence-electron chi connectivity index (χ2n) is 5.43. The van der Waals surface area contributed by atoms with Gasteiger partial charge in [-0.15, -0.1) is 0 Å². The highest BCUT2D eigenvalue weighted by Gasteiger charge is 2.11. The molecular weight excluding hydrogens is 360 g/mol. The highest BCUT2D eigenvalue weighted by molar-refractivity contribution is 5.65. The number of ether oxygens (including phenoxy) is 1. The molecule has 10 heteroatoms. The molecule has 0 unspecified atom stereocenters. The van der Waals surface area contributed by atoms with Crippen LogP contribution in [0.5, 0.6) is 5.75 Å². The fourth-order valence-electron chi connectivity index (χ4n) is 2.28. The largest absolute Gasteiger partial charge is 0.433 e. The lowest BCUT2D eigenvalue weighted by atomic mass is 10.2. The van der Waals surface area contributed by atoms with Crippen molar-refractivity contribution in [2.45, 2.75) is 13.5 Å². The first-order valence-corrected chi connectivity index (χ1v) is 7.68. The van der Waals surface area contributed by atoms with Crippen molar-refractivity contribution in [1.29, 1.82) is 0 Å². The zero-order valence-corrected chi connectivity index (χ0v) is 14.0. The number of benzene rings is 1. The molecule has 1 aromatic carbocycles. The SMILES string of the molecule is Cc1ccc([N+](=O)[O-])cc1Nc1nccc(-c2cncc(OC(F)F)c2)n1. The van der Waals surface area contributed by atoms with Crippen molar-refractivity contribution in [3.63, 3.8) is 0 Å². The average Bonchev–Trinajstić information content (AvgIpc) is 2.63. The summed E-state index contributed by atoms with van der Waals surface area (Å²) in [6, 6.07) is 7.35. The van der Waals surface area contributed by atoms with Gasteiger partial charge >= 0.3 is 6.61 Å². The van der Waals surface area contributed by atoms with Gasteiger partial charge in [-0.2, -0.15) is 8.78 Å². The van der Waals surface area contributed by atoms with E-state index in [0.29, 0.717) is 16.9 Å². The van der Waals surface area contributed by atoms with E-state index in [9.17, 15) is 18.9 Å². The van der Waals surface area contributed by atoms with E-state index in [2.05, 4.69) is 25.0 Å². The summed E-state index contributed by atoms with van der Waals surface area (Å²) in [6.45, 7) is -1.17. The minimum absolute atomic E-state index is 0.0692. The predicted octanol–water partition coefficient (Wildman–Crippen LogP) is 4.10. The summed E-state index contributed by atoms with van der Waals surface area (Å²) in [7, 11) is 0. The normalized spacial score (nSPS) is 10.7. The summed E-state index contributed by atoms with van der Waals surface area (Å²) in [5, 5.41) is 13.9. The highest BCUT2D eigenvalue weighted by Crippen LogP contribution is 2.26. The predicted molar refractivity (Wildman–Crippen MR) is 93.0 cm³/mol. The summed E-state index contributed by atoms with van der Waals surface area (Å²) in [5.41, 5.74) is 2.05. The molecule has 0 bridgehead atoms. The first-order chi connectivity index (χ1) is 12.9. The number of rotatable bonds is 6. The van der Waals surface area contributed by atoms with Crippen LogP contribution in [0.15, 0.2) is 48.9 Å². The molecule has 0 aliphatic heterocycles. The maximum atomic E-state index is 12.4. The van der Waals surface area contributed by atoms with Crippen LogP contribution in [-0.2, 0) is 0 Å². The van der Waals surface area contributed by atoms with Crippen molar-refractivity contribution < 1.29 is 18.4 Å². The van der Waals surface area contributed by atoms with Gasteiger partial charge in [0.25, 0.3) is 5.69 Å². The van der Waals surface area contributed by atoms with Gasteiger partial charge in [0.2, 0.25) is 5.95 Å². The van der Waals surface area contributed by atoms with Crippen molar-refractivity contribution in [3.05, 3.63) is 64.6 Å². The minimum Gasteiger partial charge on any atom is -0.433 e. The fraction of sp³-hybridized carbons (Fsp3) is 0.118. The summed E-state index contributed by atoms with van der Waals surface area (Å²) in [6.07, 6.45) is 4.09. The fourth-order valence-corrected chi connectivity index (χ4v) is 2.28. The third kappa shape index (κ3) is 4.48. The molecule has 2 aromatic heterocycles. The van der Waals surface area contributed by atoms with Gasteiger partial charge in [0.1, 0.15) is 5.75 Å². The smallest absolute Gasteiger partial charge is 0.387 e. The van der Waals surface area contributed by atoms with Gasteiger partial charge in [-0.3, -0.25) is 15.1 Å². The molecule has 138 valence electrons. The molecule has 0 aliphatic carbocycles.